The minimum atomic E-state index is -0.917. The minimum absolute atomic E-state index is 0.303. The fraction of sp³-hybridized carbons (Fsp3) is 0.514. The van der Waals surface area contributed by atoms with Gasteiger partial charge >= 0.3 is 6.09 Å². The normalized spacial score (nSPS) is 12.6. The number of rotatable bonds is 17. The highest BCUT2D eigenvalue weighted by Gasteiger charge is 2.36. The summed E-state index contributed by atoms with van der Waals surface area (Å²) in [6.45, 7) is 13.8. The highest BCUT2D eigenvalue weighted by atomic mass is 32.2. The van der Waals surface area contributed by atoms with E-state index in [2.05, 4.69) is 24.1 Å². The largest absolute Gasteiger partial charge is 0.444 e. The number of para-hydroxylation sites is 1. The number of hydrogen-bond acceptors (Lipinski definition) is 5. The molecule has 0 radical (unpaired) electrons. The van der Waals surface area contributed by atoms with Gasteiger partial charge in [-0.3, -0.25) is 9.59 Å². The van der Waals surface area contributed by atoms with Gasteiger partial charge in [0.25, 0.3) is 5.91 Å². The quantitative estimate of drug-likeness (QED) is 0.177. The Morgan fingerprint density at radius 2 is 1.72 bits per heavy atom. The zero-order chi connectivity index (χ0) is 31.8. The van der Waals surface area contributed by atoms with Crippen LogP contribution in [0.25, 0.3) is 6.08 Å². The number of benzene rings is 2. The van der Waals surface area contributed by atoms with Gasteiger partial charge in [0.15, 0.2) is 0 Å². The number of aryl methyl sites for hydroxylation is 1. The van der Waals surface area contributed by atoms with Crippen LogP contribution < -0.4 is 10.6 Å². The predicted molar refractivity (Wildman–Crippen MR) is 180 cm³/mol. The van der Waals surface area contributed by atoms with E-state index in [4.69, 9.17) is 4.74 Å². The molecule has 0 spiro atoms. The fourth-order valence-electron chi connectivity index (χ4n) is 4.82. The van der Waals surface area contributed by atoms with Gasteiger partial charge in [0.1, 0.15) is 17.7 Å². The van der Waals surface area contributed by atoms with Gasteiger partial charge in [-0.25, -0.2) is 4.79 Å². The van der Waals surface area contributed by atoms with Gasteiger partial charge in [0.2, 0.25) is 5.91 Å². The molecule has 0 bridgehead atoms. The van der Waals surface area contributed by atoms with Crippen molar-refractivity contribution in [1.29, 1.82) is 0 Å². The first-order valence-electron chi connectivity index (χ1n) is 15.4. The molecule has 7 nitrogen and oxygen atoms in total. The van der Waals surface area contributed by atoms with Gasteiger partial charge in [-0.15, -0.1) is 0 Å². The van der Waals surface area contributed by atoms with Crippen LogP contribution in [-0.4, -0.2) is 53.0 Å². The van der Waals surface area contributed by atoms with E-state index in [1.54, 1.807) is 43.5 Å². The molecule has 236 valence electrons. The second-order valence-electron chi connectivity index (χ2n) is 11.9. The Bertz CT molecular complexity index is 1190. The molecule has 0 aromatic heterocycles. The van der Waals surface area contributed by atoms with E-state index in [0.29, 0.717) is 30.0 Å². The molecule has 2 aromatic rings. The van der Waals surface area contributed by atoms with Crippen LogP contribution in [0.5, 0.6) is 0 Å². The first kappa shape index (κ1) is 35.9. The summed E-state index contributed by atoms with van der Waals surface area (Å²) in [5.74, 6) is 0.0430. The van der Waals surface area contributed by atoms with E-state index in [1.165, 1.54) is 6.42 Å². The number of alkyl carbamates (subject to hydrolysis) is 1. The van der Waals surface area contributed by atoms with E-state index in [-0.39, 0.29) is 11.8 Å². The van der Waals surface area contributed by atoms with Crippen molar-refractivity contribution in [2.75, 3.05) is 23.9 Å². The van der Waals surface area contributed by atoms with E-state index >= 15 is 0 Å². The standard InChI is InChI=1S/C35H51N3O4S/c1-8-10-11-12-13-16-23-38(33(40)30(22-24-43-7)37-34(41)42-35(4,5)6)31(28-20-17-19-27(9-2)25-28)32(39)36-29-21-15-14-18-26(29)3/h9,14-15,17-21,25,30-31H,2,8,10-13,16,22-24H2,1,3-7H3,(H,36,39)(H,37,41). The first-order valence-corrected chi connectivity index (χ1v) is 16.8. The average Bonchev–Trinajstić information content (AvgIpc) is 2.96. The highest BCUT2D eigenvalue weighted by Crippen LogP contribution is 2.28. The number of thioether (sulfide) groups is 1. The van der Waals surface area contributed by atoms with Crippen molar-refractivity contribution < 1.29 is 19.1 Å². The Labute approximate surface area is 263 Å². The molecule has 0 heterocycles. The zero-order valence-corrected chi connectivity index (χ0v) is 27.7. The molecule has 43 heavy (non-hydrogen) atoms. The van der Waals surface area contributed by atoms with E-state index in [9.17, 15) is 14.4 Å². The number of anilines is 1. The van der Waals surface area contributed by atoms with Crippen LogP contribution >= 0.6 is 11.8 Å². The van der Waals surface area contributed by atoms with Gasteiger partial charge in [-0.1, -0.05) is 88.1 Å². The summed E-state index contributed by atoms with van der Waals surface area (Å²) in [4.78, 5) is 43.1. The number of carbonyl (C=O) groups is 3. The maximum atomic E-state index is 14.5. The lowest BCUT2D eigenvalue weighted by Crippen LogP contribution is -2.52. The summed E-state index contributed by atoms with van der Waals surface area (Å²) >= 11 is 1.59. The number of unbranched alkanes of at least 4 members (excludes halogenated alkanes) is 5. The maximum Gasteiger partial charge on any atom is 0.408 e. The highest BCUT2D eigenvalue weighted by molar-refractivity contribution is 7.98. The number of nitrogens with zero attached hydrogens (tertiary/aromatic N) is 1. The number of nitrogens with one attached hydrogen (secondary N) is 2. The lowest BCUT2D eigenvalue weighted by Gasteiger charge is -2.35. The molecular formula is C35H51N3O4S. The van der Waals surface area contributed by atoms with Crippen molar-refractivity contribution in [2.24, 2.45) is 0 Å². The van der Waals surface area contributed by atoms with Crippen LogP contribution in [0.4, 0.5) is 10.5 Å². The Balaban J connectivity index is 2.54. The Hall–Kier alpha value is -3.26. The lowest BCUT2D eigenvalue weighted by molar-refractivity contribution is -0.141. The van der Waals surface area contributed by atoms with E-state index in [0.717, 1.165) is 43.2 Å². The van der Waals surface area contributed by atoms with Crippen LogP contribution in [0.1, 0.15) is 95.4 Å². The van der Waals surface area contributed by atoms with Crippen molar-refractivity contribution in [3.8, 4) is 0 Å². The summed E-state index contributed by atoms with van der Waals surface area (Å²) in [6.07, 6.45) is 9.66. The second-order valence-corrected chi connectivity index (χ2v) is 12.8. The van der Waals surface area contributed by atoms with Crippen molar-refractivity contribution >= 4 is 41.4 Å². The maximum absolute atomic E-state index is 14.5. The number of hydrogen-bond donors (Lipinski definition) is 2. The molecule has 0 saturated carbocycles. The zero-order valence-electron chi connectivity index (χ0n) is 26.9. The molecule has 2 atom stereocenters. The van der Waals surface area contributed by atoms with Crippen molar-refractivity contribution in [1.82, 2.24) is 10.2 Å². The molecule has 0 aliphatic carbocycles. The molecule has 2 N–H and O–H groups in total. The summed E-state index contributed by atoms with van der Waals surface area (Å²) < 4.78 is 5.51. The topological polar surface area (TPSA) is 87.7 Å². The molecule has 3 amide bonds. The first-order chi connectivity index (χ1) is 20.5. The molecule has 2 unspecified atom stereocenters. The molecule has 2 rings (SSSR count). The number of ether oxygens (including phenoxy) is 1. The lowest BCUT2D eigenvalue weighted by atomic mass is 9.99. The van der Waals surface area contributed by atoms with E-state index < -0.39 is 23.8 Å². The Morgan fingerprint density at radius 3 is 2.37 bits per heavy atom. The Kier molecular flexibility index (Phi) is 15.4. The summed E-state index contributed by atoms with van der Waals surface area (Å²) in [5, 5.41) is 5.90. The van der Waals surface area contributed by atoms with E-state index in [1.807, 2.05) is 61.7 Å². The van der Waals surface area contributed by atoms with Gasteiger partial charge in [-0.2, -0.15) is 11.8 Å². The average molecular weight is 610 g/mol. The van der Waals surface area contributed by atoms with Crippen LogP contribution in [0.15, 0.2) is 55.1 Å². The van der Waals surface area contributed by atoms with Crippen molar-refractivity contribution in [3.63, 3.8) is 0 Å². The van der Waals surface area contributed by atoms with Crippen molar-refractivity contribution in [3.05, 3.63) is 71.8 Å². The SMILES string of the molecule is C=Cc1cccc(C(C(=O)Nc2ccccc2C)N(CCCCCCCC)C(=O)C(CCSC)NC(=O)OC(C)(C)C)c1. The second kappa shape index (κ2) is 18.4. The summed E-state index contributed by atoms with van der Waals surface area (Å²) in [7, 11) is 0. The molecule has 8 heteroatoms. The van der Waals surface area contributed by atoms with Gasteiger partial charge < -0.3 is 20.3 Å². The van der Waals surface area contributed by atoms with Gasteiger partial charge in [0, 0.05) is 12.2 Å². The number of amides is 3. The van der Waals surface area contributed by atoms with Crippen molar-refractivity contribution in [2.45, 2.75) is 97.2 Å². The monoisotopic (exact) mass is 609 g/mol. The third-order valence-corrected chi connectivity index (χ3v) is 7.70. The molecule has 0 aliphatic rings. The van der Waals surface area contributed by atoms with Gasteiger partial charge in [-0.05, 0) is 81.4 Å². The molecular weight excluding hydrogens is 558 g/mol. The number of carbonyl (C=O) groups excluding carboxylic acids is 3. The fourth-order valence-corrected chi connectivity index (χ4v) is 5.29. The molecule has 0 aliphatic heterocycles. The minimum Gasteiger partial charge on any atom is -0.444 e. The smallest absolute Gasteiger partial charge is 0.408 e. The Morgan fingerprint density at radius 1 is 1.02 bits per heavy atom. The van der Waals surface area contributed by atoms with Gasteiger partial charge in [0.05, 0.1) is 0 Å². The van der Waals surface area contributed by atoms with Crippen LogP contribution in [0.2, 0.25) is 0 Å². The molecule has 0 fully saturated rings. The summed E-state index contributed by atoms with van der Waals surface area (Å²) in [5.41, 5.74) is 2.44. The van der Waals surface area contributed by atoms with Crippen LogP contribution in [0.3, 0.4) is 0 Å². The molecule has 0 saturated heterocycles. The molecule has 2 aromatic carbocycles. The third kappa shape index (κ3) is 12.5. The van der Waals surface area contributed by atoms with Crippen LogP contribution in [-0.2, 0) is 14.3 Å². The predicted octanol–water partition coefficient (Wildman–Crippen LogP) is 8.15. The third-order valence-electron chi connectivity index (χ3n) is 7.06. The summed E-state index contributed by atoms with van der Waals surface area (Å²) in [6, 6.07) is 13.4. The van der Waals surface area contributed by atoms with Crippen LogP contribution in [0, 0.1) is 6.92 Å².